The Hall–Kier alpha value is -3.29. The fraction of sp³-hybridized carbons (Fsp3) is 0. The van der Waals surface area contributed by atoms with Crippen molar-refractivity contribution in [1.82, 2.24) is 25.2 Å². The van der Waals surface area contributed by atoms with E-state index >= 15 is 0 Å². The minimum absolute atomic E-state index is 0.190. The molecule has 0 saturated carbocycles. The molecular formula is C13H10N6O2. The van der Waals surface area contributed by atoms with Gasteiger partial charge < -0.3 is 10.3 Å². The molecule has 3 aromatic rings. The van der Waals surface area contributed by atoms with Crippen LogP contribution in [0.3, 0.4) is 0 Å². The summed E-state index contributed by atoms with van der Waals surface area (Å²) < 4.78 is 1.44. The molecule has 8 nitrogen and oxygen atoms in total. The SMILES string of the molecule is O=C(Nc1c[nH]ccc1=O)c1cccc(-n2cnnn2)c1. The number of carbonyl (C=O) groups excluding carboxylic acids is 1. The van der Waals surface area contributed by atoms with Crippen molar-refractivity contribution in [3.63, 3.8) is 0 Å². The maximum atomic E-state index is 12.2. The van der Waals surface area contributed by atoms with Crippen LogP contribution in [0.1, 0.15) is 10.4 Å². The Kier molecular flexibility index (Phi) is 3.26. The van der Waals surface area contributed by atoms with E-state index in [0.717, 1.165) is 0 Å². The summed E-state index contributed by atoms with van der Waals surface area (Å²) in [5.74, 6) is -0.387. The molecule has 0 fully saturated rings. The molecule has 2 N–H and O–H groups in total. The highest BCUT2D eigenvalue weighted by atomic mass is 16.2. The maximum absolute atomic E-state index is 12.2. The van der Waals surface area contributed by atoms with Gasteiger partial charge in [-0.3, -0.25) is 9.59 Å². The third-order valence-electron chi connectivity index (χ3n) is 2.79. The van der Waals surface area contributed by atoms with E-state index in [-0.39, 0.29) is 17.0 Å². The summed E-state index contributed by atoms with van der Waals surface area (Å²) in [6.07, 6.45) is 4.36. The first kappa shape index (κ1) is 12.7. The molecule has 0 unspecified atom stereocenters. The van der Waals surface area contributed by atoms with E-state index in [1.165, 1.54) is 29.5 Å². The minimum atomic E-state index is -0.387. The molecule has 0 aliphatic rings. The molecule has 1 aromatic carbocycles. The molecule has 2 aromatic heterocycles. The van der Waals surface area contributed by atoms with Crippen LogP contribution in [0, 0.1) is 0 Å². The smallest absolute Gasteiger partial charge is 0.255 e. The molecule has 0 bridgehead atoms. The van der Waals surface area contributed by atoms with Gasteiger partial charge in [-0.1, -0.05) is 6.07 Å². The number of aromatic amines is 1. The van der Waals surface area contributed by atoms with E-state index in [2.05, 4.69) is 25.8 Å². The topological polar surface area (TPSA) is 106 Å². The highest BCUT2D eigenvalue weighted by Crippen LogP contribution is 2.10. The van der Waals surface area contributed by atoms with Crippen molar-refractivity contribution in [2.45, 2.75) is 0 Å². The van der Waals surface area contributed by atoms with Gasteiger partial charge in [-0.05, 0) is 28.6 Å². The maximum Gasteiger partial charge on any atom is 0.255 e. The number of nitrogens with one attached hydrogen (secondary N) is 2. The van der Waals surface area contributed by atoms with Gasteiger partial charge in [0, 0.05) is 24.0 Å². The first-order valence-electron chi connectivity index (χ1n) is 6.06. The number of anilines is 1. The van der Waals surface area contributed by atoms with Crippen LogP contribution in [-0.2, 0) is 0 Å². The van der Waals surface area contributed by atoms with Gasteiger partial charge in [0.05, 0.1) is 5.69 Å². The molecule has 2 heterocycles. The van der Waals surface area contributed by atoms with Crippen molar-refractivity contribution in [1.29, 1.82) is 0 Å². The average molecular weight is 282 g/mol. The minimum Gasteiger partial charge on any atom is -0.366 e. The zero-order valence-corrected chi connectivity index (χ0v) is 10.7. The Morgan fingerprint density at radius 2 is 2.19 bits per heavy atom. The van der Waals surface area contributed by atoms with Crippen molar-refractivity contribution in [3.05, 3.63) is 64.8 Å². The van der Waals surface area contributed by atoms with Gasteiger partial charge in [0.15, 0.2) is 0 Å². The molecule has 0 aliphatic heterocycles. The van der Waals surface area contributed by atoms with E-state index in [9.17, 15) is 9.59 Å². The number of amides is 1. The molecule has 0 atom stereocenters. The zero-order valence-electron chi connectivity index (χ0n) is 10.7. The van der Waals surface area contributed by atoms with E-state index in [1.54, 1.807) is 24.3 Å². The van der Waals surface area contributed by atoms with E-state index in [4.69, 9.17) is 0 Å². The van der Waals surface area contributed by atoms with Gasteiger partial charge in [-0.25, -0.2) is 4.68 Å². The number of tetrazole rings is 1. The van der Waals surface area contributed by atoms with Crippen LogP contribution in [0.25, 0.3) is 5.69 Å². The van der Waals surface area contributed by atoms with Crippen molar-refractivity contribution in [2.75, 3.05) is 5.32 Å². The van der Waals surface area contributed by atoms with Gasteiger partial charge in [-0.15, -0.1) is 5.10 Å². The summed E-state index contributed by atoms with van der Waals surface area (Å²) >= 11 is 0. The lowest BCUT2D eigenvalue weighted by molar-refractivity contribution is 0.102. The summed E-state index contributed by atoms with van der Waals surface area (Å²) in [4.78, 5) is 26.5. The number of aromatic nitrogens is 5. The lowest BCUT2D eigenvalue weighted by Gasteiger charge is -2.06. The third kappa shape index (κ3) is 2.68. The fourth-order valence-corrected chi connectivity index (χ4v) is 1.78. The van der Waals surface area contributed by atoms with Crippen molar-refractivity contribution >= 4 is 11.6 Å². The second-order valence-corrected chi connectivity index (χ2v) is 4.18. The molecule has 0 aliphatic carbocycles. The van der Waals surface area contributed by atoms with Gasteiger partial charge >= 0.3 is 0 Å². The summed E-state index contributed by atoms with van der Waals surface area (Å²) in [7, 11) is 0. The summed E-state index contributed by atoms with van der Waals surface area (Å²) in [5, 5.41) is 13.4. The molecule has 8 heteroatoms. The number of pyridine rings is 1. The standard InChI is InChI=1S/C13H10N6O2/c20-12-4-5-14-7-11(12)16-13(21)9-2-1-3-10(6-9)19-8-15-17-18-19/h1-8H,(H,14,20)(H,16,21). The highest BCUT2D eigenvalue weighted by molar-refractivity contribution is 6.04. The average Bonchev–Trinajstić information content (AvgIpc) is 3.04. The number of carbonyl (C=O) groups is 1. The molecule has 3 rings (SSSR count). The van der Waals surface area contributed by atoms with Crippen LogP contribution < -0.4 is 10.7 Å². The van der Waals surface area contributed by atoms with Crippen LogP contribution in [0.4, 0.5) is 5.69 Å². The fourth-order valence-electron chi connectivity index (χ4n) is 1.78. The largest absolute Gasteiger partial charge is 0.366 e. The van der Waals surface area contributed by atoms with E-state index < -0.39 is 0 Å². The molecule has 0 spiro atoms. The number of hydrogen-bond acceptors (Lipinski definition) is 5. The number of H-pyrrole nitrogens is 1. The molecule has 104 valence electrons. The van der Waals surface area contributed by atoms with Gasteiger partial charge in [0.1, 0.15) is 12.0 Å². The quantitative estimate of drug-likeness (QED) is 0.732. The number of hydrogen-bond donors (Lipinski definition) is 2. The number of rotatable bonds is 3. The summed E-state index contributed by atoms with van der Waals surface area (Å²) in [5.41, 5.74) is 0.968. The zero-order chi connectivity index (χ0) is 14.7. The predicted molar refractivity (Wildman–Crippen MR) is 74.2 cm³/mol. The van der Waals surface area contributed by atoms with Gasteiger partial charge in [0.25, 0.3) is 5.91 Å². The monoisotopic (exact) mass is 282 g/mol. The molecule has 1 amide bonds. The molecular weight excluding hydrogens is 272 g/mol. The van der Waals surface area contributed by atoms with Crippen molar-refractivity contribution in [2.24, 2.45) is 0 Å². The Morgan fingerprint density at radius 1 is 1.29 bits per heavy atom. The van der Waals surface area contributed by atoms with E-state index in [0.29, 0.717) is 11.3 Å². The first-order valence-corrected chi connectivity index (χ1v) is 6.06. The van der Waals surface area contributed by atoms with Crippen LogP contribution in [0.2, 0.25) is 0 Å². The molecule has 0 radical (unpaired) electrons. The highest BCUT2D eigenvalue weighted by Gasteiger charge is 2.09. The second-order valence-electron chi connectivity index (χ2n) is 4.18. The number of benzene rings is 1. The lowest BCUT2D eigenvalue weighted by Crippen LogP contribution is -2.18. The van der Waals surface area contributed by atoms with Crippen molar-refractivity contribution < 1.29 is 4.79 Å². The van der Waals surface area contributed by atoms with Crippen LogP contribution in [0.5, 0.6) is 0 Å². The summed E-state index contributed by atoms with van der Waals surface area (Å²) in [6, 6.07) is 8.08. The van der Waals surface area contributed by atoms with Crippen LogP contribution in [-0.4, -0.2) is 31.1 Å². The van der Waals surface area contributed by atoms with Crippen LogP contribution in [0.15, 0.2) is 53.8 Å². The Labute approximate surface area is 118 Å². The number of nitrogens with zero attached hydrogens (tertiary/aromatic N) is 4. The Morgan fingerprint density at radius 3 is 2.95 bits per heavy atom. The predicted octanol–water partition coefficient (Wildman–Crippen LogP) is 0.603. The summed E-state index contributed by atoms with van der Waals surface area (Å²) in [6.45, 7) is 0. The Balaban J connectivity index is 1.87. The third-order valence-corrected chi connectivity index (χ3v) is 2.79. The van der Waals surface area contributed by atoms with Gasteiger partial charge in [-0.2, -0.15) is 0 Å². The van der Waals surface area contributed by atoms with Crippen LogP contribution >= 0.6 is 0 Å². The normalized spacial score (nSPS) is 10.3. The Bertz CT molecular complexity index is 824. The lowest BCUT2D eigenvalue weighted by atomic mass is 10.2. The first-order chi connectivity index (χ1) is 10.2. The van der Waals surface area contributed by atoms with Gasteiger partial charge in [0.2, 0.25) is 5.43 Å². The van der Waals surface area contributed by atoms with Crippen molar-refractivity contribution in [3.8, 4) is 5.69 Å². The van der Waals surface area contributed by atoms with E-state index in [1.807, 2.05) is 0 Å². The second kappa shape index (κ2) is 5.37. The molecule has 0 saturated heterocycles. The molecule has 21 heavy (non-hydrogen) atoms.